The molecule has 1 aromatic carbocycles. The van der Waals surface area contributed by atoms with Crippen LogP contribution >= 0.6 is 11.6 Å². The van der Waals surface area contributed by atoms with Gasteiger partial charge in [0.1, 0.15) is 0 Å². The van der Waals surface area contributed by atoms with E-state index < -0.39 is 0 Å². The first-order valence-corrected chi connectivity index (χ1v) is 8.96. The molecule has 0 radical (unpaired) electrons. The van der Waals surface area contributed by atoms with E-state index in [0.29, 0.717) is 23.1 Å². The van der Waals surface area contributed by atoms with Crippen LogP contribution in [0.1, 0.15) is 30.5 Å². The van der Waals surface area contributed by atoms with Crippen LogP contribution in [-0.2, 0) is 11.2 Å². The molecule has 0 aromatic heterocycles. The van der Waals surface area contributed by atoms with Crippen molar-refractivity contribution in [2.75, 3.05) is 32.8 Å². The number of ether oxygens (including phenoxy) is 1. The van der Waals surface area contributed by atoms with Crippen molar-refractivity contribution in [2.24, 2.45) is 11.8 Å². The fourth-order valence-corrected chi connectivity index (χ4v) is 3.56. The summed E-state index contributed by atoms with van der Waals surface area (Å²) in [7, 11) is 0. The van der Waals surface area contributed by atoms with Gasteiger partial charge in [-0.2, -0.15) is 5.26 Å². The Labute approximate surface area is 150 Å². The second-order valence-electron chi connectivity index (χ2n) is 6.94. The molecule has 5 heteroatoms. The molecule has 0 spiro atoms. The maximum absolute atomic E-state index is 9.62. The molecular weight excluding hydrogens is 324 g/mol. The van der Waals surface area contributed by atoms with Crippen LogP contribution in [0, 0.1) is 30.1 Å². The van der Waals surface area contributed by atoms with Crippen LogP contribution in [0.3, 0.4) is 0 Å². The lowest BCUT2D eigenvalue weighted by atomic mass is 9.98. The number of nitriles is 1. The molecule has 0 amide bonds. The summed E-state index contributed by atoms with van der Waals surface area (Å²) >= 11 is 6.12. The van der Waals surface area contributed by atoms with Crippen molar-refractivity contribution in [3.05, 3.63) is 33.8 Å². The summed E-state index contributed by atoms with van der Waals surface area (Å²) in [6.07, 6.45) is 1.08. The van der Waals surface area contributed by atoms with E-state index in [-0.39, 0.29) is 18.6 Å². The molecule has 0 saturated carbocycles. The van der Waals surface area contributed by atoms with Gasteiger partial charge in [0.25, 0.3) is 0 Å². The number of aliphatic hydroxyl groups is 1. The number of benzene rings is 1. The van der Waals surface area contributed by atoms with Crippen molar-refractivity contribution < 1.29 is 9.84 Å². The molecule has 1 aromatic rings. The molecule has 0 bridgehead atoms. The Bertz CT molecular complexity index is 598. The van der Waals surface area contributed by atoms with E-state index in [4.69, 9.17) is 16.3 Å². The average Bonchev–Trinajstić information content (AvgIpc) is 2.95. The van der Waals surface area contributed by atoms with Crippen LogP contribution in [0.5, 0.6) is 0 Å². The van der Waals surface area contributed by atoms with Crippen LogP contribution in [0.4, 0.5) is 0 Å². The van der Waals surface area contributed by atoms with Gasteiger partial charge in [-0.25, -0.2) is 0 Å². The van der Waals surface area contributed by atoms with E-state index in [1.165, 1.54) is 0 Å². The summed E-state index contributed by atoms with van der Waals surface area (Å²) in [5, 5.41) is 19.4. The first-order valence-electron chi connectivity index (χ1n) is 8.58. The van der Waals surface area contributed by atoms with Gasteiger partial charge in [0, 0.05) is 43.1 Å². The molecule has 1 fully saturated rings. The van der Waals surface area contributed by atoms with Gasteiger partial charge in [-0.3, -0.25) is 0 Å². The van der Waals surface area contributed by atoms with Crippen molar-refractivity contribution in [1.29, 1.82) is 5.26 Å². The predicted octanol–water partition coefficient (Wildman–Crippen LogP) is 3.03. The van der Waals surface area contributed by atoms with Crippen LogP contribution in [0.25, 0.3) is 0 Å². The van der Waals surface area contributed by atoms with Gasteiger partial charge in [-0.1, -0.05) is 11.6 Å². The molecule has 0 aliphatic carbocycles. The van der Waals surface area contributed by atoms with Crippen LogP contribution in [-0.4, -0.2) is 49.0 Å². The molecule has 2 atom stereocenters. The van der Waals surface area contributed by atoms with Crippen molar-refractivity contribution in [1.82, 2.24) is 4.90 Å². The number of rotatable bonds is 7. The molecule has 24 heavy (non-hydrogen) atoms. The molecule has 132 valence electrons. The second-order valence-corrected chi connectivity index (χ2v) is 7.38. The third-order valence-corrected chi connectivity index (χ3v) is 5.05. The van der Waals surface area contributed by atoms with Gasteiger partial charge in [-0.05, 0) is 50.5 Å². The van der Waals surface area contributed by atoms with Crippen molar-refractivity contribution in [3.63, 3.8) is 0 Å². The summed E-state index contributed by atoms with van der Waals surface area (Å²) < 4.78 is 5.74. The summed E-state index contributed by atoms with van der Waals surface area (Å²) in [4.78, 5) is 2.38. The molecule has 1 aliphatic rings. The zero-order valence-corrected chi connectivity index (χ0v) is 15.5. The minimum Gasteiger partial charge on any atom is -0.396 e. The maximum Gasteiger partial charge on any atom is 0.0995 e. The minimum absolute atomic E-state index is 0.206. The summed E-state index contributed by atoms with van der Waals surface area (Å²) in [5.41, 5.74) is 2.79. The van der Waals surface area contributed by atoms with E-state index >= 15 is 0 Å². The molecule has 4 nitrogen and oxygen atoms in total. The number of hydrogen-bond donors (Lipinski definition) is 1. The first-order chi connectivity index (χ1) is 11.4. The lowest BCUT2D eigenvalue weighted by Crippen LogP contribution is -2.25. The maximum atomic E-state index is 9.62. The van der Waals surface area contributed by atoms with E-state index in [1.54, 1.807) is 6.07 Å². The SMILES string of the molecule is Cc1c(C#N)cc(Cl)cc1CCN1CC(CO)C(COC(C)C)C1. The number of hydrogen-bond acceptors (Lipinski definition) is 4. The Morgan fingerprint density at radius 2 is 2.08 bits per heavy atom. The van der Waals surface area contributed by atoms with Gasteiger partial charge in [0.05, 0.1) is 24.3 Å². The lowest BCUT2D eigenvalue weighted by Gasteiger charge is -2.18. The average molecular weight is 351 g/mol. The largest absolute Gasteiger partial charge is 0.396 e. The highest BCUT2D eigenvalue weighted by Crippen LogP contribution is 2.25. The van der Waals surface area contributed by atoms with Crippen molar-refractivity contribution >= 4 is 11.6 Å². The first kappa shape index (κ1) is 19.2. The Morgan fingerprint density at radius 1 is 1.38 bits per heavy atom. The number of halogens is 1. The third kappa shape index (κ3) is 4.94. The van der Waals surface area contributed by atoms with Crippen LogP contribution in [0.15, 0.2) is 12.1 Å². The molecule has 1 N–H and O–H groups in total. The van der Waals surface area contributed by atoms with Gasteiger partial charge in [0.2, 0.25) is 0 Å². The molecule has 1 heterocycles. The highest BCUT2D eigenvalue weighted by molar-refractivity contribution is 6.30. The van der Waals surface area contributed by atoms with Crippen molar-refractivity contribution in [3.8, 4) is 6.07 Å². The summed E-state index contributed by atoms with van der Waals surface area (Å²) in [5.74, 6) is 0.659. The lowest BCUT2D eigenvalue weighted by molar-refractivity contribution is 0.0365. The second kappa shape index (κ2) is 8.82. The number of aliphatic hydroxyl groups excluding tert-OH is 1. The zero-order chi connectivity index (χ0) is 17.7. The summed E-state index contributed by atoms with van der Waals surface area (Å²) in [6, 6.07) is 5.88. The zero-order valence-electron chi connectivity index (χ0n) is 14.8. The molecular formula is C19H27ClN2O2. The minimum atomic E-state index is 0.206. The Kier molecular flexibility index (Phi) is 7.06. The Morgan fingerprint density at radius 3 is 2.71 bits per heavy atom. The van der Waals surface area contributed by atoms with E-state index in [1.807, 2.05) is 26.8 Å². The summed E-state index contributed by atoms with van der Waals surface area (Å²) in [6.45, 7) is 9.71. The smallest absolute Gasteiger partial charge is 0.0995 e. The van der Waals surface area contributed by atoms with E-state index in [0.717, 1.165) is 37.2 Å². The monoisotopic (exact) mass is 350 g/mol. The molecule has 1 aliphatic heterocycles. The molecule has 1 saturated heterocycles. The topological polar surface area (TPSA) is 56.5 Å². The third-order valence-electron chi connectivity index (χ3n) is 4.83. The van der Waals surface area contributed by atoms with Crippen LogP contribution in [0.2, 0.25) is 5.02 Å². The molecule has 2 unspecified atom stereocenters. The predicted molar refractivity (Wildman–Crippen MR) is 96.2 cm³/mol. The highest BCUT2D eigenvalue weighted by Gasteiger charge is 2.32. The Hall–Kier alpha value is -1.12. The normalized spacial score (nSPS) is 21.4. The van der Waals surface area contributed by atoms with Gasteiger partial charge < -0.3 is 14.7 Å². The fourth-order valence-electron chi connectivity index (χ4n) is 3.32. The molecule has 2 rings (SSSR count). The van der Waals surface area contributed by atoms with Gasteiger partial charge >= 0.3 is 0 Å². The fraction of sp³-hybridized carbons (Fsp3) is 0.632. The van der Waals surface area contributed by atoms with Crippen LogP contribution < -0.4 is 0 Å². The van der Waals surface area contributed by atoms with Crippen molar-refractivity contribution in [2.45, 2.75) is 33.3 Å². The van der Waals surface area contributed by atoms with E-state index in [9.17, 15) is 10.4 Å². The Balaban J connectivity index is 1.96. The number of likely N-dealkylation sites (tertiary alicyclic amines) is 1. The quantitative estimate of drug-likeness (QED) is 0.821. The standard InChI is InChI=1S/C19H27ClN2O2/c1-13(2)24-12-18-10-22(9-17(18)11-23)5-4-15-6-19(20)7-16(8-21)14(15)3/h6-7,13,17-18,23H,4-5,9-12H2,1-3H3. The van der Waals surface area contributed by atoms with Gasteiger partial charge in [0.15, 0.2) is 0 Å². The highest BCUT2D eigenvalue weighted by atomic mass is 35.5. The van der Waals surface area contributed by atoms with Gasteiger partial charge in [-0.15, -0.1) is 0 Å². The van der Waals surface area contributed by atoms with E-state index in [2.05, 4.69) is 11.0 Å². The number of nitrogens with zero attached hydrogens (tertiary/aromatic N) is 2.